The van der Waals surface area contributed by atoms with Crippen molar-refractivity contribution in [1.29, 1.82) is 0 Å². The molecule has 92 valence electrons. The molecule has 0 aliphatic carbocycles. The van der Waals surface area contributed by atoms with Gasteiger partial charge in [-0.25, -0.2) is 0 Å². The average Bonchev–Trinajstić information content (AvgIpc) is 2.93. The van der Waals surface area contributed by atoms with Crippen molar-refractivity contribution in [3.05, 3.63) is 21.8 Å². The second-order valence-electron chi connectivity index (χ2n) is 3.73. The topological polar surface area (TPSA) is 51.0 Å². The van der Waals surface area contributed by atoms with E-state index in [4.69, 9.17) is 4.42 Å². The third kappa shape index (κ3) is 3.14. The number of aromatic nitrogens is 2. The van der Waals surface area contributed by atoms with E-state index < -0.39 is 0 Å². The first-order chi connectivity index (χ1) is 8.20. The van der Waals surface area contributed by atoms with Crippen molar-refractivity contribution in [2.45, 2.75) is 26.3 Å². The van der Waals surface area contributed by atoms with Gasteiger partial charge in [-0.2, -0.15) is 0 Å². The molecule has 17 heavy (non-hydrogen) atoms. The summed E-state index contributed by atoms with van der Waals surface area (Å²) in [6, 6.07) is 3.98. The molecule has 1 N–H and O–H groups in total. The Hall–Kier alpha value is -0.720. The standard InChI is InChI=1S/C11H14BrN3OS/c1-3-6-13-7(2)10-14-15-11(17-10)8-4-5-9(12)16-8/h4-5,7,13H,3,6H2,1-2H3. The van der Waals surface area contributed by atoms with E-state index in [1.54, 1.807) is 11.3 Å². The van der Waals surface area contributed by atoms with E-state index in [2.05, 4.69) is 45.3 Å². The van der Waals surface area contributed by atoms with Gasteiger partial charge in [-0.15, -0.1) is 10.2 Å². The van der Waals surface area contributed by atoms with Gasteiger partial charge in [0.05, 0.1) is 6.04 Å². The Morgan fingerprint density at radius 3 is 2.94 bits per heavy atom. The molecule has 0 bridgehead atoms. The molecule has 0 fully saturated rings. The molecule has 0 saturated carbocycles. The highest BCUT2D eigenvalue weighted by atomic mass is 79.9. The van der Waals surface area contributed by atoms with E-state index in [-0.39, 0.29) is 6.04 Å². The zero-order chi connectivity index (χ0) is 12.3. The third-order valence-electron chi connectivity index (χ3n) is 2.30. The highest BCUT2D eigenvalue weighted by molar-refractivity contribution is 9.10. The second-order valence-corrected chi connectivity index (χ2v) is 5.52. The van der Waals surface area contributed by atoms with Crippen molar-refractivity contribution in [3.63, 3.8) is 0 Å². The van der Waals surface area contributed by atoms with Crippen LogP contribution in [0.2, 0.25) is 0 Å². The molecular weight excluding hydrogens is 302 g/mol. The number of halogens is 1. The quantitative estimate of drug-likeness (QED) is 0.915. The molecule has 2 rings (SSSR count). The van der Waals surface area contributed by atoms with Crippen molar-refractivity contribution in [2.75, 3.05) is 6.54 Å². The van der Waals surface area contributed by atoms with Crippen molar-refractivity contribution < 1.29 is 4.42 Å². The Balaban J connectivity index is 2.10. The van der Waals surface area contributed by atoms with Crippen molar-refractivity contribution in [2.24, 2.45) is 0 Å². The predicted octanol–water partition coefficient (Wildman–Crippen LogP) is 3.62. The third-order valence-corrected chi connectivity index (χ3v) is 3.84. The number of rotatable bonds is 5. The van der Waals surface area contributed by atoms with E-state index in [0.717, 1.165) is 28.7 Å². The van der Waals surface area contributed by atoms with E-state index >= 15 is 0 Å². The van der Waals surface area contributed by atoms with Crippen LogP contribution in [0.15, 0.2) is 21.2 Å². The van der Waals surface area contributed by atoms with Crippen LogP contribution in [-0.2, 0) is 0 Å². The summed E-state index contributed by atoms with van der Waals surface area (Å²) >= 11 is 4.84. The van der Waals surface area contributed by atoms with E-state index in [1.807, 2.05) is 12.1 Å². The molecule has 1 atom stereocenters. The van der Waals surface area contributed by atoms with Crippen molar-refractivity contribution in [1.82, 2.24) is 15.5 Å². The lowest BCUT2D eigenvalue weighted by atomic mass is 10.3. The van der Waals surface area contributed by atoms with Gasteiger partial charge >= 0.3 is 0 Å². The molecule has 0 radical (unpaired) electrons. The number of furan rings is 1. The van der Waals surface area contributed by atoms with Crippen LogP contribution in [0.3, 0.4) is 0 Å². The van der Waals surface area contributed by atoms with Crippen LogP contribution in [0.1, 0.15) is 31.3 Å². The Morgan fingerprint density at radius 1 is 1.47 bits per heavy atom. The van der Waals surface area contributed by atoms with Gasteiger partial charge in [0, 0.05) is 0 Å². The van der Waals surface area contributed by atoms with Crippen LogP contribution >= 0.6 is 27.3 Å². The first-order valence-corrected chi connectivity index (χ1v) is 7.14. The summed E-state index contributed by atoms with van der Waals surface area (Å²) in [5, 5.41) is 13.5. The summed E-state index contributed by atoms with van der Waals surface area (Å²) in [6.07, 6.45) is 1.11. The Bertz CT molecular complexity index is 483. The predicted molar refractivity (Wildman–Crippen MR) is 72.0 cm³/mol. The number of nitrogens with one attached hydrogen (secondary N) is 1. The van der Waals surface area contributed by atoms with Crippen LogP contribution in [0.25, 0.3) is 10.8 Å². The lowest BCUT2D eigenvalue weighted by Gasteiger charge is -2.08. The van der Waals surface area contributed by atoms with Crippen LogP contribution in [0.5, 0.6) is 0 Å². The van der Waals surface area contributed by atoms with Gasteiger partial charge in [0.25, 0.3) is 0 Å². The minimum Gasteiger partial charge on any atom is -0.447 e. The Labute approximate surface area is 113 Å². The SMILES string of the molecule is CCCNC(C)c1nnc(-c2ccc(Br)o2)s1. The van der Waals surface area contributed by atoms with Crippen LogP contribution < -0.4 is 5.32 Å². The fraction of sp³-hybridized carbons (Fsp3) is 0.455. The monoisotopic (exact) mass is 315 g/mol. The highest BCUT2D eigenvalue weighted by Crippen LogP contribution is 2.29. The molecule has 4 nitrogen and oxygen atoms in total. The number of hydrogen-bond donors (Lipinski definition) is 1. The van der Waals surface area contributed by atoms with Crippen molar-refractivity contribution in [3.8, 4) is 10.8 Å². The van der Waals surface area contributed by atoms with Gasteiger partial charge < -0.3 is 9.73 Å². The molecule has 2 heterocycles. The molecule has 0 aliphatic heterocycles. The maximum absolute atomic E-state index is 5.45. The van der Waals surface area contributed by atoms with Gasteiger partial charge in [-0.05, 0) is 48.0 Å². The first-order valence-electron chi connectivity index (χ1n) is 5.53. The van der Waals surface area contributed by atoms with Gasteiger partial charge in [0.2, 0.25) is 0 Å². The van der Waals surface area contributed by atoms with Crippen LogP contribution in [-0.4, -0.2) is 16.7 Å². The fourth-order valence-electron chi connectivity index (χ4n) is 1.39. The molecule has 1 unspecified atom stereocenters. The second kappa shape index (κ2) is 5.75. The lowest BCUT2D eigenvalue weighted by Crippen LogP contribution is -2.18. The smallest absolute Gasteiger partial charge is 0.183 e. The molecule has 2 aromatic heterocycles. The zero-order valence-corrected chi connectivity index (χ0v) is 12.1. The van der Waals surface area contributed by atoms with Gasteiger partial charge in [-0.3, -0.25) is 0 Å². The molecule has 0 amide bonds. The Kier molecular flexibility index (Phi) is 4.31. The maximum atomic E-state index is 5.45. The molecule has 0 aliphatic rings. The molecular formula is C11H14BrN3OS. The lowest BCUT2D eigenvalue weighted by molar-refractivity contribution is 0.553. The first kappa shape index (κ1) is 12.7. The molecule has 0 aromatic carbocycles. The average molecular weight is 316 g/mol. The van der Waals surface area contributed by atoms with E-state index in [1.165, 1.54) is 0 Å². The molecule has 6 heteroatoms. The summed E-state index contributed by atoms with van der Waals surface area (Å²) in [5.41, 5.74) is 0. The minimum absolute atomic E-state index is 0.236. The Morgan fingerprint density at radius 2 is 2.29 bits per heavy atom. The summed E-state index contributed by atoms with van der Waals surface area (Å²) in [5.74, 6) is 0.753. The maximum Gasteiger partial charge on any atom is 0.183 e. The largest absolute Gasteiger partial charge is 0.447 e. The van der Waals surface area contributed by atoms with Crippen LogP contribution in [0, 0.1) is 0 Å². The highest BCUT2D eigenvalue weighted by Gasteiger charge is 2.14. The van der Waals surface area contributed by atoms with Crippen molar-refractivity contribution >= 4 is 27.3 Å². The summed E-state index contributed by atoms with van der Waals surface area (Å²) < 4.78 is 6.16. The van der Waals surface area contributed by atoms with Crippen LogP contribution in [0.4, 0.5) is 0 Å². The fourth-order valence-corrected chi connectivity index (χ4v) is 2.52. The molecule has 2 aromatic rings. The van der Waals surface area contributed by atoms with E-state index in [9.17, 15) is 0 Å². The van der Waals surface area contributed by atoms with Gasteiger partial charge in [0.1, 0.15) is 5.01 Å². The normalized spacial score (nSPS) is 12.9. The van der Waals surface area contributed by atoms with Gasteiger partial charge in [0.15, 0.2) is 15.4 Å². The molecule has 0 saturated heterocycles. The summed E-state index contributed by atoms with van der Waals surface area (Å²) in [4.78, 5) is 0. The zero-order valence-electron chi connectivity index (χ0n) is 9.74. The molecule has 0 spiro atoms. The summed E-state index contributed by atoms with van der Waals surface area (Å²) in [6.45, 7) is 5.23. The minimum atomic E-state index is 0.236. The van der Waals surface area contributed by atoms with Gasteiger partial charge in [-0.1, -0.05) is 18.3 Å². The summed E-state index contributed by atoms with van der Waals surface area (Å²) in [7, 11) is 0. The number of hydrogen-bond acceptors (Lipinski definition) is 5. The van der Waals surface area contributed by atoms with E-state index in [0.29, 0.717) is 4.67 Å². The number of nitrogens with zero attached hydrogens (tertiary/aromatic N) is 2.